The van der Waals surface area contributed by atoms with Crippen LogP contribution in [-0.2, 0) is 16.0 Å². The molecule has 1 aromatic heterocycles. The van der Waals surface area contributed by atoms with Gasteiger partial charge in [0.2, 0.25) is 0 Å². The van der Waals surface area contributed by atoms with E-state index in [9.17, 15) is 21.6 Å². The van der Waals surface area contributed by atoms with E-state index in [1.807, 2.05) is 18.2 Å². The fourth-order valence-corrected chi connectivity index (χ4v) is 3.71. The molecule has 164 valence electrons. The van der Waals surface area contributed by atoms with Crippen molar-refractivity contribution in [3.63, 3.8) is 0 Å². The van der Waals surface area contributed by atoms with Crippen molar-refractivity contribution in [2.24, 2.45) is 0 Å². The van der Waals surface area contributed by atoms with Crippen molar-refractivity contribution < 1.29 is 26.3 Å². The summed E-state index contributed by atoms with van der Waals surface area (Å²) in [5.41, 5.74) is -0.0912. The van der Waals surface area contributed by atoms with Gasteiger partial charge in [-0.1, -0.05) is 30.3 Å². The maximum atomic E-state index is 13.4. The number of halogens is 3. The Kier molecular flexibility index (Phi) is 5.52. The highest BCUT2D eigenvalue weighted by Gasteiger charge is 2.35. The lowest BCUT2D eigenvalue weighted by atomic mass is 10.1. The van der Waals surface area contributed by atoms with E-state index in [0.29, 0.717) is 22.7 Å². The zero-order valence-electron chi connectivity index (χ0n) is 16.7. The lowest BCUT2D eigenvalue weighted by Crippen LogP contribution is -2.07. The van der Waals surface area contributed by atoms with Gasteiger partial charge in [-0.2, -0.15) is 18.3 Å². The smallest absolute Gasteiger partial charge is 0.435 e. The number of ether oxygens (including phenoxy) is 1. The van der Waals surface area contributed by atoms with Gasteiger partial charge in [0.1, 0.15) is 11.5 Å². The van der Waals surface area contributed by atoms with Crippen LogP contribution >= 0.6 is 0 Å². The van der Waals surface area contributed by atoms with Crippen LogP contribution in [0, 0.1) is 0 Å². The minimum Gasteiger partial charge on any atom is -0.457 e. The molecule has 0 aliphatic rings. The van der Waals surface area contributed by atoms with Crippen LogP contribution in [0.5, 0.6) is 11.5 Å². The van der Waals surface area contributed by atoms with Crippen molar-refractivity contribution in [3.8, 4) is 28.4 Å². The van der Waals surface area contributed by atoms with E-state index in [-0.39, 0.29) is 10.6 Å². The Hall–Kier alpha value is -3.59. The Bertz CT molecular complexity index is 1330. The van der Waals surface area contributed by atoms with Crippen LogP contribution in [0.3, 0.4) is 0 Å². The molecule has 5 nitrogen and oxygen atoms in total. The predicted octanol–water partition coefficient (Wildman–Crippen LogP) is 5.75. The molecule has 4 aromatic rings. The molecule has 0 aliphatic heterocycles. The summed E-state index contributed by atoms with van der Waals surface area (Å²) in [5.74, 6) is 1.15. The van der Waals surface area contributed by atoms with Gasteiger partial charge in [0.15, 0.2) is 15.5 Å². The highest BCUT2D eigenvalue weighted by Crippen LogP contribution is 2.34. The predicted molar refractivity (Wildman–Crippen MR) is 114 cm³/mol. The summed E-state index contributed by atoms with van der Waals surface area (Å²) in [7, 11) is -3.43. The summed E-state index contributed by atoms with van der Waals surface area (Å²) in [6.07, 6.45) is -3.57. The van der Waals surface area contributed by atoms with Gasteiger partial charge >= 0.3 is 6.18 Å². The topological polar surface area (TPSA) is 61.2 Å². The van der Waals surface area contributed by atoms with Gasteiger partial charge in [-0.15, -0.1) is 0 Å². The molecule has 4 rings (SSSR count). The van der Waals surface area contributed by atoms with Gasteiger partial charge < -0.3 is 4.74 Å². The molecule has 0 bridgehead atoms. The first kappa shape index (κ1) is 21.6. The molecule has 0 amide bonds. The largest absolute Gasteiger partial charge is 0.457 e. The first-order valence-corrected chi connectivity index (χ1v) is 11.3. The molecule has 0 N–H and O–H groups in total. The molecule has 1 heterocycles. The van der Waals surface area contributed by atoms with E-state index in [1.54, 1.807) is 36.4 Å². The van der Waals surface area contributed by atoms with E-state index in [2.05, 4.69) is 5.10 Å². The molecule has 32 heavy (non-hydrogen) atoms. The number of aromatic nitrogens is 2. The van der Waals surface area contributed by atoms with Crippen LogP contribution in [0.15, 0.2) is 89.8 Å². The summed E-state index contributed by atoms with van der Waals surface area (Å²) < 4.78 is 70.4. The maximum absolute atomic E-state index is 13.4. The maximum Gasteiger partial charge on any atom is 0.435 e. The Balaban J connectivity index is 1.72. The van der Waals surface area contributed by atoms with E-state index in [0.717, 1.165) is 12.3 Å². The van der Waals surface area contributed by atoms with Gasteiger partial charge in [0, 0.05) is 11.8 Å². The zero-order valence-corrected chi connectivity index (χ0v) is 17.6. The number of sulfone groups is 1. The minimum atomic E-state index is -4.64. The van der Waals surface area contributed by atoms with Crippen molar-refractivity contribution in [3.05, 3.63) is 90.6 Å². The first-order chi connectivity index (χ1) is 15.1. The van der Waals surface area contributed by atoms with Gasteiger partial charge in [-0.25, -0.2) is 13.1 Å². The van der Waals surface area contributed by atoms with E-state index >= 15 is 0 Å². The molecular weight excluding hydrogens is 441 g/mol. The van der Waals surface area contributed by atoms with Crippen molar-refractivity contribution >= 4 is 9.84 Å². The molecule has 0 fully saturated rings. The molecule has 0 unspecified atom stereocenters. The molecule has 0 spiro atoms. The SMILES string of the molecule is CS(=O)(=O)c1ccc(-c2cc(C(F)(F)F)nn2-c2ccc(Oc3ccccc3)cc2)cc1. The highest BCUT2D eigenvalue weighted by atomic mass is 32.2. The molecule has 9 heteroatoms. The normalized spacial score (nSPS) is 12.0. The van der Waals surface area contributed by atoms with E-state index in [1.165, 1.54) is 28.9 Å². The fourth-order valence-electron chi connectivity index (χ4n) is 3.07. The van der Waals surface area contributed by atoms with Crippen LogP contribution in [0.25, 0.3) is 16.9 Å². The second-order valence-electron chi connectivity index (χ2n) is 7.03. The van der Waals surface area contributed by atoms with Crippen LogP contribution in [0.2, 0.25) is 0 Å². The van der Waals surface area contributed by atoms with Gasteiger partial charge in [-0.3, -0.25) is 0 Å². The Morgan fingerprint density at radius 3 is 2.00 bits per heavy atom. The van der Waals surface area contributed by atoms with Gasteiger partial charge in [0.25, 0.3) is 0 Å². The summed E-state index contributed by atoms with van der Waals surface area (Å²) in [6.45, 7) is 0. The monoisotopic (exact) mass is 458 g/mol. The van der Waals surface area contributed by atoms with Crippen molar-refractivity contribution in [1.29, 1.82) is 0 Å². The molecule has 0 saturated carbocycles. The number of hydrogen-bond acceptors (Lipinski definition) is 4. The number of hydrogen-bond donors (Lipinski definition) is 0. The summed E-state index contributed by atoms with van der Waals surface area (Å²) in [4.78, 5) is 0.0748. The molecule has 0 aliphatic carbocycles. The van der Waals surface area contributed by atoms with Gasteiger partial charge in [-0.05, 0) is 54.6 Å². The van der Waals surface area contributed by atoms with E-state index in [4.69, 9.17) is 4.74 Å². The molecular formula is C23H17F3N2O3S. The molecule has 0 radical (unpaired) electrons. The third-order valence-corrected chi connectivity index (χ3v) is 5.77. The highest BCUT2D eigenvalue weighted by molar-refractivity contribution is 7.90. The number of para-hydroxylation sites is 1. The number of rotatable bonds is 5. The Morgan fingerprint density at radius 1 is 0.844 bits per heavy atom. The number of nitrogens with zero attached hydrogens (tertiary/aromatic N) is 2. The van der Waals surface area contributed by atoms with Crippen molar-refractivity contribution in [2.75, 3.05) is 6.26 Å². The summed E-state index contributed by atoms with van der Waals surface area (Å²) in [6, 6.07) is 22.1. The first-order valence-electron chi connectivity index (χ1n) is 9.42. The lowest BCUT2D eigenvalue weighted by molar-refractivity contribution is -0.141. The zero-order chi connectivity index (χ0) is 22.9. The third-order valence-electron chi connectivity index (χ3n) is 4.64. The third kappa shape index (κ3) is 4.67. The van der Waals surface area contributed by atoms with Crippen LogP contribution in [-0.4, -0.2) is 24.5 Å². The van der Waals surface area contributed by atoms with Crippen molar-refractivity contribution in [1.82, 2.24) is 9.78 Å². The molecule has 0 saturated heterocycles. The Labute approximate surface area is 182 Å². The average Bonchev–Trinajstić information content (AvgIpc) is 3.21. The fraction of sp³-hybridized carbons (Fsp3) is 0.0870. The Morgan fingerprint density at radius 2 is 1.44 bits per heavy atom. The number of benzene rings is 3. The number of alkyl halides is 3. The summed E-state index contributed by atoms with van der Waals surface area (Å²) in [5, 5.41) is 3.75. The summed E-state index contributed by atoms with van der Waals surface area (Å²) >= 11 is 0. The van der Waals surface area contributed by atoms with Crippen LogP contribution in [0.1, 0.15) is 5.69 Å². The lowest BCUT2D eigenvalue weighted by Gasteiger charge is -2.10. The standard InChI is InChI=1S/C23H17F3N2O3S/c1-32(29,30)20-13-7-16(8-14-20)21-15-22(23(24,25)26)27-28(21)17-9-11-19(12-10-17)31-18-5-3-2-4-6-18/h2-15H,1H3. The van der Waals surface area contributed by atoms with E-state index < -0.39 is 21.7 Å². The van der Waals surface area contributed by atoms with Gasteiger partial charge in [0.05, 0.1) is 16.3 Å². The second kappa shape index (κ2) is 8.16. The second-order valence-corrected chi connectivity index (χ2v) is 9.05. The average molecular weight is 458 g/mol. The minimum absolute atomic E-state index is 0.0748. The quantitative estimate of drug-likeness (QED) is 0.382. The van der Waals surface area contributed by atoms with Crippen LogP contribution in [0.4, 0.5) is 13.2 Å². The van der Waals surface area contributed by atoms with Crippen molar-refractivity contribution in [2.45, 2.75) is 11.1 Å². The van der Waals surface area contributed by atoms with Crippen LogP contribution < -0.4 is 4.74 Å². The molecule has 3 aromatic carbocycles. The molecule has 0 atom stereocenters.